The molecule has 3 rings (SSSR count). The maximum absolute atomic E-state index is 13.1. The van der Waals surface area contributed by atoms with E-state index in [9.17, 15) is 4.79 Å². The summed E-state index contributed by atoms with van der Waals surface area (Å²) in [6.07, 6.45) is 0.267. The van der Waals surface area contributed by atoms with Gasteiger partial charge in [0.1, 0.15) is 5.75 Å². The first-order chi connectivity index (χ1) is 14.5. The zero-order chi connectivity index (χ0) is 21.5. The van der Waals surface area contributed by atoms with Crippen molar-refractivity contribution < 1.29 is 9.53 Å². The second-order valence-electron chi connectivity index (χ2n) is 6.59. The standard InChI is InChI=1S/C22H23N5O2S/c1-16(21(28)27(15-7-14-23)18-8-5-4-6-9-18)30-22-25-24-20(26(22)2)17-10-12-19(29-3)13-11-17/h4-6,8-13,16H,7,15H2,1-3H3/t16-/m1/s1. The van der Waals surface area contributed by atoms with E-state index in [1.165, 1.54) is 11.8 Å². The van der Waals surface area contributed by atoms with Crippen LogP contribution in [0, 0.1) is 11.3 Å². The molecule has 30 heavy (non-hydrogen) atoms. The van der Waals surface area contributed by atoms with Gasteiger partial charge in [0.05, 0.1) is 24.8 Å². The molecule has 0 spiro atoms. The van der Waals surface area contributed by atoms with Crippen LogP contribution in [0.2, 0.25) is 0 Å². The van der Waals surface area contributed by atoms with Crippen LogP contribution < -0.4 is 9.64 Å². The molecule has 0 unspecified atom stereocenters. The van der Waals surface area contributed by atoms with Crippen LogP contribution in [0.1, 0.15) is 13.3 Å². The van der Waals surface area contributed by atoms with E-state index in [4.69, 9.17) is 10.00 Å². The first kappa shape index (κ1) is 21.4. The molecule has 8 heteroatoms. The van der Waals surface area contributed by atoms with Crippen LogP contribution in [0.15, 0.2) is 59.8 Å². The number of para-hydroxylation sites is 1. The molecule has 0 fully saturated rings. The Morgan fingerprint density at radius 3 is 2.53 bits per heavy atom. The zero-order valence-corrected chi connectivity index (χ0v) is 18.0. The third-order valence-corrected chi connectivity index (χ3v) is 5.72. The highest BCUT2D eigenvalue weighted by Gasteiger charge is 2.25. The molecule has 0 saturated carbocycles. The molecule has 0 bridgehead atoms. The fourth-order valence-corrected chi connectivity index (χ4v) is 3.85. The topological polar surface area (TPSA) is 84.0 Å². The molecule has 2 aromatic carbocycles. The summed E-state index contributed by atoms with van der Waals surface area (Å²) < 4.78 is 7.07. The van der Waals surface area contributed by atoms with Gasteiger partial charge in [0.25, 0.3) is 0 Å². The minimum absolute atomic E-state index is 0.0737. The van der Waals surface area contributed by atoms with Crippen LogP contribution >= 0.6 is 11.8 Å². The molecule has 1 aromatic heterocycles. The van der Waals surface area contributed by atoms with Crippen molar-refractivity contribution in [2.45, 2.75) is 23.8 Å². The molecule has 0 N–H and O–H groups in total. The summed E-state index contributed by atoms with van der Waals surface area (Å²) in [4.78, 5) is 14.8. The number of anilines is 1. The smallest absolute Gasteiger partial charge is 0.240 e. The number of methoxy groups -OCH3 is 1. The number of rotatable bonds is 8. The summed E-state index contributed by atoms with van der Waals surface area (Å²) in [6, 6.07) is 19.1. The second-order valence-corrected chi connectivity index (χ2v) is 7.90. The van der Waals surface area contributed by atoms with Crippen LogP contribution in [-0.4, -0.2) is 39.6 Å². The van der Waals surface area contributed by atoms with Gasteiger partial charge in [-0.1, -0.05) is 30.0 Å². The van der Waals surface area contributed by atoms with E-state index in [1.807, 2.05) is 73.1 Å². The van der Waals surface area contributed by atoms with Crippen molar-refractivity contribution in [3.05, 3.63) is 54.6 Å². The SMILES string of the molecule is COc1ccc(-c2nnc(S[C@H](C)C(=O)N(CCC#N)c3ccccc3)n2C)cc1. The maximum Gasteiger partial charge on any atom is 0.240 e. The molecule has 1 amide bonds. The van der Waals surface area contributed by atoms with Gasteiger partial charge in [-0.15, -0.1) is 10.2 Å². The van der Waals surface area contributed by atoms with Crippen LogP contribution in [0.5, 0.6) is 5.75 Å². The van der Waals surface area contributed by atoms with E-state index in [0.717, 1.165) is 17.0 Å². The Morgan fingerprint density at radius 2 is 1.90 bits per heavy atom. The van der Waals surface area contributed by atoms with Gasteiger partial charge in [0, 0.05) is 24.8 Å². The van der Waals surface area contributed by atoms with E-state index < -0.39 is 5.25 Å². The zero-order valence-electron chi connectivity index (χ0n) is 17.1. The molecule has 0 radical (unpaired) electrons. The van der Waals surface area contributed by atoms with Crippen molar-refractivity contribution in [1.82, 2.24) is 14.8 Å². The van der Waals surface area contributed by atoms with Gasteiger partial charge < -0.3 is 14.2 Å². The monoisotopic (exact) mass is 421 g/mol. The number of hydrogen-bond acceptors (Lipinski definition) is 6. The van der Waals surface area contributed by atoms with Gasteiger partial charge in [-0.3, -0.25) is 4.79 Å². The highest BCUT2D eigenvalue weighted by molar-refractivity contribution is 8.00. The molecule has 3 aromatic rings. The van der Waals surface area contributed by atoms with Gasteiger partial charge in [-0.25, -0.2) is 0 Å². The molecule has 1 atom stereocenters. The molecule has 0 aliphatic rings. The van der Waals surface area contributed by atoms with E-state index in [1.54, 1.807) is 12.0 Å². The van der Waals surface area contributed by atoms with Crippen LogP contribution in [-0.2, 0) is 11.8 Å². The maximum atomic E-state index is 13.1. The third-order valence-electron chi connectivity index (χ3n) is 4.59. The lowest BCUT2D eigenvalue weighted by Crippen LogP contribution is -2.37. The van der Waals surface area contributed by atoms with Crippen LogP contribution in [0.25, 0.3) is 11.4 Å². The number of nitrogens with zero attached hydrogens (tertiary/aromatic N) is 5. The van der Waals surface area contributed by atoms with Gasteiger partial charge >= 0.3 is 0 Å². The van der Waals surface area contributed by atoms with Crippen molar-refractivity contribution in [2.75, 3.05) is 18.6 Å². The Labute approximate surface area is 180 Å². The molecule has 7 nitrogen and oxygen atoms in total. The van der Waals surface area contributed by atoms with E-state index in [0.29, 0.717) is 17.5 Å². The Kier molecular flexibility index (Phi) is 7.09. The highest BCUT2D eigenvalue weighted by Crippen LogP contribution is 2.28. The normalized spacial score (nSPS) is 11.5. The number of aromatic nitrogens is 3. The van der Waals surface area contributed by atoms with E-state index in [-0.39, 0.29) is 12.3 Å². The number of carbonyl (C=O) groups excluding carboxylic acids is 1. The molecule has 0 saturated heterocycles. The number of carbonyl (C=O) groups is 1. The van der Waals surface area contributed by atoms with Gasteiger partial charge in [-0.05, 0) is 43.3 Å². The van der Waals surface area contributed by atoms with Crippen molar-refractivity contribution >= 4 is 23.4 Å². The number of nitriles is 1. The van der Waals surface area contributed by atoms with Crippen LogP contribution in [0.3, 0.4) is 0 Å². The van der Waals surface area contributed by atoms with Crippen molar-refractivity contribution in [3.63, 3.8) is 0 Å². The first-order valence-corrected chi connectivity index (χ1v) is 10.4. The second kappa shape index (κ2) is 9.94. The largest absolute Gasteiger partial charge is 0.497 e. The lowest BCUT2D eigenvalue weighted by Gasteiger charge is -2.24. The molecular weight excluding hydrogens is 398 g/mol. The Morgan fingerprint density at radius 1 is 1.20 bits per heavy atom. The molecule has 154 valence electrons. The molecular formula is C22H23N5O2S. The molecule has 1 heterocycles. The summed E-state index contributed by atoms with van der Waals surface area (Å²) in [7, 11) is 3.50. The predicted molar refractivity (Wildman–Crippen MR) is 117 cm³/mol. The van der Waals surface area contributed by atoms with Crippen molar-refractivity contribution in [1.29, 1.82) is 5.26 Å². The van der Waals surface area contributed by atoms with Gasteiger partial charge in [0.15, 0.2) is 11.0 Å². The average Bonchev–Trinajstić information content (AvgIpc) is 3.14. The Hall–Kier alpha value is -3.31. The summed E-state index contributed by atoms with van der Waals surface area (Å²) in [5, 5.41) is 17.8. The number of benzene rings is 2. The first-order valence-electron chi connectivity index (χ1n) is 9.49. The molecule has 0 aliphatic heterocycles. The lowest BCUT2D eigenvalue weighted by atomic mass is 10.2. The highest BCUT2D eigenvalue weighted by atomic mass is 32.2. The quantitative estimate of drug-likeness (QED) is 0.513. The Balaban J connectivity index is 1.77. The van der Waals surface area contributed by atoms with Crippen LogP contribution in [0.4, 0.5) is 5.69 Å². The van der Waals surface area contributed by atoms with Gasteiger partial charge in [-0.2, -0.15) is 5.26 Å². The van der Waals surface area contributed by atoms with Crippen molar-refractivity contribution in [3.8, 4) is 23.2 Å². The van der Waals surface area contributed by atoms with E-state index in [2.05, 4.69) is 16.3 Å². The fraction of sp³-hybridized carbons (Fsp3) is 0.273. The third kappa shape index (κ3) is 4.81. The van der Waals surface area contributed by atoms with Crippen molar-refractivity contribution in [2.24, 2.45) is 7.05 Å². The summed E-state index contributed by atoms with van der Waals surface area (Å²) in [5.74, 6) is 1.41. The number of ether oxygens (including phenoxy) is 1. The fourth-order valence-electron chi connectivity index (χ4n) is 2.97. The lowest BCUT2D eigenvalue weighted by molar-refractivity contribution is -0.117. The molecule has 0 aliphatic carbocycles. The number of amides is 1. The van der Waals surface area contributed by atoms with Gasteiger partial charge in [0.2, 0.25) is 5.91 Å². The average molecular weight is 422 g/mol. The minimum atomic E-state index is -0.393. The predicted octanol–water partition coefficient (Wildman–Crippen LogP) is 3.92. The summed E-state index contributed by atoms with van der Waals surface area (Å²) in [5.41, 5.74) is 1.69. The Bertz CT molecular complexity index is 1030. The minimum Gasteiger partial charge on any atom is -0.497 e. The van der Waals surface area contributed by atoms with E-state index >= 15 is 0 Å². The number of hydrogen-bond donors (Lipinski definition) is 0. The number of thioether (sulfide) groups is 1. The summed E-state index contributed by atoms with van der Waals surface area (Å²) >= 11 is 1.35. The summed E-state index contributed by atoms with van der Waals surface area (Å²) in [6.45, 7) is 2.19.